The van der Waals surface area contributed by atoms with Crippen LogP contribution in [0.25, 0.3) is 0 Å². The van der Waals surface area contributed by atoms with Crippen LogP contribution in [0.4, 0.5) is 4.39 Å². The lowest BCUT2D eigenvalue weighted by Gasteiger charge is -2.41. The van der Waals surface area contributed by atoms with E-state index in [-0.39, 0.29) is 11.6 Å². The summed E-state index contributed by atoms with van der Waals surface area (Å²) in [4.78, 5) is 15.0. The van der Waals surface area contributed by atoms with E-state index in [1.165, 1.54) is 12.1 Å². The van der Waals surface area contributed by atoms with Crippen LogP contribution in [0.1, 0.15) is 36.2 Å². The van der Waals surface area contributed by atoms with Crippen LogP contribution in [0, 0.1) is 12.7 Å². The second kappa shape index (κ2) is 6.02. The minimum atomic E-state index is -0.593. The topological polar surface area (TPSA) is 29.5 Å². The minimum absolute atomic E-state index is 0.00972. The van der Waals surface area contributed by atoms with E-state index in [4.69, 9.17) is 4.74 Å². The predicted octanol–water partition coefficient (Wildman–Crippen LogP) is 2.82. The highest BCUT2D eigenvalue weighted by atomic mass is 19.1. The van der Waals surface area contributed by atoms with Crippen LogP contribution in [0.3, 0.4) is 0 Å². The molecule has 1 atom stereocenters. The van der Waals surface area contributed by atoms with Gasteiger partial charge < -0.3 is 4.74 Å². The van der Waals surface area contributed by atoms with Gasteiger partial charge in [0.2, 0.25) is 0 Å². The fourth-order valence-corrected chi connectivity index (χ4v) is 2.76. The van der Waals surface area contributed by atoms with E-state index in [1.54, 1.807) is 13.0 Å². The highest BCUT2D eigenvalue weighted by Crippen LogP contribution is 2.26. The molecular formula is C16H22FNO2. The van der Waals surface area contributed by atoms with Gasteiger partial charge in [-0.15, -0.1) is 0 Å². The number of hydrogen-bond donors (Lipinski definition) is 0. The van der Waals surface area contributed by atoms with E-state index < -0.39 is 5.54 Å². The maximum Gasteiger partial charge on any atom is 0.182 e. The summed E-state index contributed by atoms with van der Waals surface area (Å²) in [6.07, 6.45) is 0.696. The predicted molar refractivity (Wildman–Crippen MR) is 76.6 cm³/mol. The summed E-state index contributed by atoms with van der Waals surface area (Å²) in [5, 5.41) is 0. The Hall–Kier alpha value is -1.26. The summed E-state index contributed by atoms with van der Waals surface area (Å²) in [6, 6.07) is 4.54. The number of rotatable bonds is 4. The summed E-state index contributed by atoms with van der Waals surface area (Å²) in [5.74, 6) is -0.363. The average Bonchev–Trinajstić information content (AvgIpc) is 2.45. The van der Waals surface area contributed by atoms with Crippen molar-refractivity contribution in [3.8, 4) is 0 Å². The number of ether oxygens (including phenoxy) is 1. The molecule has 1 aromatic rings. The monoisotopic (exact) mass is 279 g/mol. The van der Waals surface area contributed by atoms with Crippen molar-refractivity contribution in [1.82, 2.24) is 4.90 Å². The zero-order chi connectivity index (χ0) is 14.8. The first-order valence-corrected chi connectivity index (χ1v) is 7.12. The maximum atomic E-state index is 13.5. The lowest BCUT2D eigenvalue weighted by Crippen LogP contribution is -2.56. The third kappa shape index (κ3) is 2.91. The number of Topliss-reactive ketones (excluding diaryl/α,β-unsaturated/α-hetero) is 1. The van der Waals surface area contributed by atoms with E-state index in [0.29, 0.717) is 25.2 Å². The number of benzene rings is 1. The zero-order valence-corrected chi connectivity index (χ0v) is 12.4. The number of ketones is 1. The Balaban J connectivity index is 2.31. The van der Waals surface area contributed by atoms with Crippen LogP contribution < -0.4 is 0 Å². The van der Waals surface area contributed by atoms with Crippen LogP contribution in [-0.4, -0.2) is 42.5 Å². The largest absolute Gasteiger partial charge is 0.379 e. The van der Waals surface area contributed by atoms with Gasteiger partial charge in [-0.1, -0.05) is 6.92 Å². The maximum absolute atomic E-state index is 13.5. The van der Waals surface area contributed by atoms with Crippen molar-refractivity contribution >= 4 is 5.78 Å². The number of halogens is 1. The van der Waals surface area contributed by atoms with E-state index in [9.17, 15) is 9.18 Å². The van der Waals surface area contributed by atoms with Crippen molar-refractivity contribution in [3.05, 3.63) is 35.1 Å². The molecule has 0 spiro atoms. The van der Waals surface area contributed by atoms with Gasteiger partial charge in [0, 0.05) is 18.7 Å². The number of nitrogens with zero attached hydrogens (tertiary/aromatic N) is 1. The highest BCUT2D eigenvalue weighted by Gasteiger charge is 2.38. The molecule has 20 heavy (non-hydrogen) atoms. The Kier molecular flexibility index (Phi) is 4.55. The van der Waals surface area contributed by atoms with Crippen LogP contribution >= 0.6 is 0 Å². The molecule has 0 aliphatic carbocycles. The lowest BCUT2D eigenvalue weighted by atomic mass is 9.86. The van der Waals surface area contributed by atoms with Gasteiger partial charge >= 0.3 is 0 Å². The molecule has 4 heteroatoms. The Labute approximate surface area is 119 Å². The summed E-state index contributed by atoms with van der Waals surface area (Å²) < 4.78 is 18.9. The molecule has 0 N–H and O–H groups in total. The fraction of sp³-hybridized carbons (Fsp3) is 0.562. The van der Waals surface area contributed by atoms with Gasteiger partial charge in [-0.3, -0.25) is 9.69 Å². The third-order valence-electron chi connectivity index (χ3n) is 4.19. The summed E-state index contributed by atoms with van der Waals surface area (Å²) in [5.41, 5.74) is 0.636. The molecule has 0 amide bonds. The van der Waals surface area contributed by atoms with Gasteiger partial charge in [-0.2, -0.15) is 0 Å². The first-order valence-electron chi connectivity index (χ1n) is 7.12. The van der Waals surface area contributed by atoms with Crippen LogP contribution in [0.5, 0.6) is 0 Å². The molecule has 0 saturated carbocycles. The van der Waals surface area contributed by atoms with Crippen molar-refractivity contribution in [2.45, 2.75) is 32.7 Å². The van der Waals surface area contributed by atoms with Crippen LogP contribution in [0.15, 0.2) is 18.2 Å². The third-order valence-corrected chi connectivity index (χ3v) is 4.19. The van der Waals surface area contributed by atoms with Crippen molar-refractivity contribution < 1.29 is 13.9 Å². The molecule has 1 aliphatic heterocycles. The summed E-state index contributed by atoms with van der Waals surface area (Å²) in [7, 11) is 0. The second-order valence-corrected chi connectivity index (χ2v) is 5.57. The summed E-state index contributed by atoms with van der Waals surface area (Å²) in [6.45, 7) is 8.52. The first kappa shape index (κ1) is 15.1. The van der Waals surface area contributed by atoms with Gasteiger partial charge in [0.15, 0.2) is 5.78 Å². The second-order valence-electron chi connectivity index (χ2n) is 5.57. The van der Waals surface area contributed by atoms with Gasteiger partial charge in [-0.25, -0.2) is 4.39 Å². The molecule has 1 aromatic carbocycles. The SMILES string of the molecule is CCC(C)(C(=O)c1cc(C)cc(F)c1)N1CCOCC1. The molecule has 3 nitrogen and oxygen atoms in total. The molecule has 0 radical (unpaired) electrons. The quantitative estimate of drug-likeness (QED) is 0.794. The molecule has 1 unspecified atom stereocenters. The molecule has 1 aliphatic rings. The molecule has 0 aromatic heterocycles. The highest BCUT2D eigenvalue weighted by molar-refractivity contribution is 6.03. The van der Waals surface area contributed by atoms with Crippen LogP contribution in [-0.2, 0) is 4.74 Å². The van der Waals surface area contributed by atoms with E-state index in [1.807, 2.05) is 13.8 Å². The Morgan fingerprint density at radius 2 is 2.00 bits per heavy atom. The molecule has 110 valence electrons. The van der Waals surface area contributed by atoms with Crippen molar-refractivity contribution in [2.24, 2.45) is 0 Å². The van der Waals surface area contributed by atoms with E-state index in [0.717, 1.165) is 18.7 Å². The number of carbonyl (C=O) groups is 1. The Bertz CT molecular complexity index is 477. The summed E-state index contributed by atoms with van der Waals surface area (Å²) >= 11 is 0. The smallest absolute Gasteiger partial charge is 0.182 e. The standard InChI is InChI=1S/C16H22FNO2/c1-4-16(3,18-5-7-20-8-6-18)15(19)13-9-12(2)10-14(17)11-13/h9-11H,4-8H2,1-3H3. The lowest BCUT2D eigenvalue weighted by molar-refractivity contribution is -0.0106. The van der Waals surface area contributed by atoms with Gasteiger partial charge in [0.25, 0.3) is 0 Å². The van der Waals surface area contributed by atoms with E-state index >= 15 is 0 Å². The van der Waals surface area contributed by atoms with E-state index in [2.05, 4.69) is 4.90 Å². The number of morpholine rings is 1. The number of hydrogen-bond acceptors (Lipinski definition) is 3. The number of carbonyl (C=O) groups excluding carboxylic acids is 1. The minimum Gasteiger partial charge on any atom is -0.379 e. The molecule has 1 saturated heterocycles. The fourth-order valence-electron chi connectivity index (χ4n) is 2.76. The van der Waals surface area contributed by atoms with Gasteiger partial charge in [0.05, 0.1) is 18.8 Å². The van der Waals surface area contributed by atoms with Gasteiger partial charge in [0.1, 0.15) is 5.82 Å². The molecule has 2 rings (SSSR count). The van der Waals surface area contributed by atoms with Crippen LogP contribution in [0.2, 0.25) is 0 Å². The molecule has 0 bridgehead atoms. The molecule has 1 fully saturated rings. The van der Waals surface area contributed by atoms with Crippen molar-refractivity contribution in [2.75, 3.05) is 26.3 Å². The first-order chi connectivity index (χ1) is 9.47. The molecule has 1 heterocycles. The Morgan fingerprint density at radius 3 is 2.55 bits per heavy atom. The normalized spacial score (nSPS) is 19.6. The average molecular weight is 279 g/mol. The van der Waals surface area contributed by atoms with Gasteiger partial charge in [-0.05, 0) is 44.0 Å². The molecular weight excluding hydrogens is 257 g/mol. The Morgan fingerprint density at radius 1 is 1.35 bits per heavy atom. The van der Waals surface area contributed by atoms with Crippen molar-refractivity contribution in [3.63, 3.8) is 0 Å². The van der Waals surface area contributed by atoms with Crippen molar-refractivity contribution in [1.29, 1.82) is 0 Å². The zero-order valence-electron chi connectivity index (χ0n) is 12.4. The number of aryl methyl sites for hydroxylation is 1.